The molecule has 0 radical (unpaired) electrons. The van der Waals surface area contributed by atoms with Crippen molar-refractivity contribution >= 4 is 75.4 Å². The lowest BCUT2D eigenvalue weighted by Gasteiger charge is -2.22. The van der Waals surface area contributed by atoms with Crippen molar-refractivity contribution in [2.24, 2.45) is 0 Å². The van der Waals surface area contributed by atoms with Crippen molar-refractivity contribution in [2.75, 3.05) is 0 Å². The van der Waals surface area contributed by atoms with E-state index in [4.69, 9.17) is 0 Å². The fourth-order valence-corrected chi connectivity index (χ4v) is 8.54. The Morgan fingerprint density at radius 1 is 0.192 bits per heavy atom. The summed E-state index contributed by atoms with van der Waals surface area (Å²) in [4.78, 5) is 0. The molecule has 0 heteroatoms. The summed E-state index contributed by atoms with van der Waals surface area (Å²) in [5, 5.41) is 17.5. The van der Waals surface area contributed by atoms with Crippen molar-refractivity contribution < 1.29 is 0 Å². The van der Waals surface area contributed by atoms with Crippen molar-refractivity contribution in [1.29, 1.82) is 0 Å². The Kier molecular flexibility index (Phi) is 6.35. The Bertz CT molecular complexity index is 3240. The molecule has 0 aliphatic rings. The molecule has 0 fully saturated rings. The molecule has 0 bridgehead atoms. The van der Waals surface area contributed by atoms with E-state index < -0.39 is 0 Å². The number of rotatable bonds is 3. The molecule has 0 N–H and O–H groups in total. The third kappa shape index (κ3) is 4.62. The average Bonchev–Trinajstić information content (AvgIpc) is 3.20. The number of benzene rings is 11. The Morgan fingerprint density at radius 2 is 0.635 bits per heavy atom. The standard InChI is InChI=1S/C52H32/c1-2-11-34-25-43(22-20-33(34)10-1)49-32-46-28-38-15-6-8-17-40(38)31-50(46)51(44-23-21-41-24-35-12-3-4-14-37(35)27-45(41)29-44)52(49)47-19-9-18-42-26-36-13-5-7-16-39(36)30-48(42)47/h1-32H. The quantitative estimate of drug-likeness (QED) is 0.166. The molecule has 0 saturated heterocycles. The van der Waals surface area contributed by atoms with E-state index in [1.54, 1.807) is 0 Å². The molecular formula is C52H32. The van der Waals surface area contributed by atoms with Crippen LogP contribution in [0.3, 0.4) is 0 Å². The van der Waals surface area contributed by atoms with Gasteiger partial charge in [-0.05, 0) is 163 Å². The fraction of sp³-hybridized carbons (Fsp3) is 0. The van der Waals surface area contributed by atoms with Gasteiger partial charge in [-0.25, -0.2) is 0 Å². The zero-order valence-electron chi connectivity index (χ0n) is 28.5. The minimum atomic E-state index is 1.22. The highest BCUT2D eigenvalue weighted by atomic mass is 14.2. The highest BCUT2D eigenvalue weighted by Gasteiger charge is 2.21. The normalized spacial score (nSPS) is 11.8. The maximum absolute atomic E-state index is 2.44. The maximum Gasteiger partial charge on any atom is -0.00141 e. The predicted octanol–water partition coefficient (Wildman–Crippen LogP) is 14.8. The average molecular weight is 657 g/mol. The van der Waals surface area contributed by atoms with Crippen molar-refractivity contribution in [2.45, 2.75) is 0 Å². The fourth-order valence-electron chi connectivity index (χ4n) is 8.54. The molecule has 0 aromatic heterocycles. The van der Waals surface area contributed by atoms with E-state index in [1.807, 2.05) is 0 Å². The van der Waals surface area contributed by atoms with E-state index in [0.717, 1.165) is 0 Å². The van der Waals surface area contributed by atoms with E-state index in [2.05, 4.69) is 194 Å². The second-order valence-electron chi connectivity index (χ2n) is 14.1. The molecule has 11 aromatic rings. The van der Waals surface area contributed by atoms with Crippen molar-refractivity contribution in [3.05, 3.63) is 194 Å². The molecule has 240 valence electrons. The molecule has 0 aliphatic heterocycles. The van der Waals surface area contributed by atoms with Crippen molar-refractivity contribution in [1.82, 2.24) is 0 Å². The smallest absolute Gasteiger partial charge is 0.00141 e. The maximum atomic E-state index is 2.44. The van der Waals surface area contributed by atoms with Crippen molar-refractivity contribution in [3.63, 3.8) is 0 Å². The summed E-state index contributed by atoms with van der Waals surface area (Å²) in [5.41, 5.74) is 7.45. The zero-order valence-corrected chi connectivity index (χ0v) is 28.5. The topological polar surface area (TPSA) is 0 Å². The zero-order chi connectivity index (χ0) is 34.2. The molecule has 11 aromatic carbocycles. The van der Waals surface area contributed by atoms with Crippen LogP contribution in [0.1, 0.15) is 0 Å². The van der Waals surface area contributed by atoms with Crippen molar-refractivity contribution in [3.8, 4) is 33.4 Å². The van der Waals surface area contributed by atoms with Crippen LogP contribution in [0.25, 0.3) is 109 Å². The molecule has 0 unspecified atom stereocenters. The first-order valence-electron chi connectivity index (χ1n) is 18.1. The van der Waals surface area contributed by atoms with Crippen LogP contribution in [-0.4, -0.2) is 0 Å². The first-order valence-corrected chi connectivity index (χ1v) is 18.1. The lowest BCUT2D eigenvalue weighted by atomic mass is 9.81. The SMILES string of the molecule is c1ccc2cc(-c3cc4cc5ccccc5cc4c(-c4ccc5cc6ccccc6cc5c4)c3-c3cccc4cc5ccccc5cc34)ccc2c1. The van der Waals surface area contributed by atoms with E-state index in [-0.39, 0.29) is 0 Å². The van der Waals surface area contributed by atoms with Crippen LogP contribution in [0.2, 0.25) is 0 Å². The molecule has 0 saturated carbocycles. The summed E-state index contributed by atoms with van der Waals surface area (Å²) in [7, 11) is 0. The number of hydrogen-bond donors (Lipinski definition) is 0. The third-order valence-electron chi connectivity index (χ3n) is 11.1. The molecule has 0 atom stereocenters. The Balaban J connectivity index is 1.32. The highest BCUT2D eigenvalue weighted by Crippen LogP contribution is 2.48. The van der Waals surface area contributed by atoms with Gasteiger partial charge in [-0.15, -0.1) is 0 Å². The van der Waals surface area contributed by atoms with Crippen LogP contribution in [0.15, 0.2) is 194 Å². The number of hydrogen-bond acceptors (Lipinski definition) is 0. The third-order valence-corrected chi connectivity index (χ3v) is 11.1. The van der Waals surface area contributed by atoms with Crippen LogP contribution < -0.4 is 0 Å². The second-order valence-corrected chi connectivity index (χ2v) is 14.1. The van der Waals surface area contributed by atoms with Gasteiger partial charge in [-0.2, -0.15) is 0 Å². The minimum Gasteiger partial charge on any atom is -0.0616 e. The first-order chi connectivity index (χ1) is 25.7. The summed E-state index contributed by atoms with van der Waals surface area (Å²) in [5.74, 6) is 0. The molecule has 11 rings (SSSR count). The summed E-state index contributed by atoms with van der Waals surface area (Å²) < 4.78 is 0. The Labute approximate surface area is 301 Å². The van der Waals surface area contributed by atoms with Crippen LogP contribution in [0.4, 0.5) is 0 Å². The summed E-state index contributed by atoms with van der Waals surface area (Å²) >= 11 is 0. The predicted molar refractivity (Wildman–Crippen MR) is 225 cm³/mol. The molecule has 0 aliphatic carbocycles. The largest absolute Gasteiger partial charge is 0.0616 e. The van der Waals surface area contributed by atoms with Gasteiger partial charge < -0.3 is 0 Å². The van der Waals surface area contributed by atoms with Gasteiger partial charge in [-0.1, -0.05) is 140 Å². The summed E-state index contributed by atoms with van der Waals surface area (Å²) in [6.07, 6.45) is 0. The van der Waals surface area contributed by atoms with Crippen LogP contribution in [-0.2, 0) is 0 Å². The van der Waals surface area contributed by atoms with Crippen LogP contribution >= 0.6 is 0 Å². The number of fused-ring (bicyclic) bond motifs is 7. The highest BCUT2D eigenvalue weighted by molar-refractivity contribution is 6.18. The molecule has 0 heterocycles. The van der Waals surface area contributed by atoms with Gasteiger partial charge in [0.05, 0.1) is 0 Å². The van der Waals surface area contributed by atoms with Gasteiger partial charge in [0.25, 0.3) is 0 Å². The monoisotopic (exact) mass is 656 g/mol. The van der Waals surface area contributed by atoms with Gasteiger partial charge in [0, 0.05) is 0 Å². The van der Waals surface area contributed by atoms with E-state index in [9.17, 15) is 0 Å². The van der Waals surface area contributed by atoms with Crippen LogP contribution in [0, 0.1) is 0 Å². The van der Waals surface area contributed by atoms with Gasteiger partial charge in [-0.3, -0.25) is 0 Å². The van der Waals surface area contributed by atoms with Crippen LogP contribution in [0.5, 0.6) is 0 Å². The lowest BCUT2D eigenvalue weighted by Crippen LogP contribution is -1.95. The Hall–Kier alpha value is -6.76. The Morgan fingerprint density at radius 3 is 1.31 bits per heavy atom. The van der Waals surface area contributed by atoms with Gasteiger partial charge >= 0.3 is 0 Å². The first kappa shape index (κ1) is 29.0. The van der Waals surface area contributed by atoms with Gasteiger partial charge in [0.15, 0.2) is 0 Å². The molecule has 0 amide bonds. The summed E-state index contributed by atoms with van der Waals surface area (Å²) in [6.45, 7) is 0. The molecular weight excluding hydrogens is 625 g/mol. The lowest BCUT2D eigenvalue weighted by molar-refractivity contribution is 1.63. The molecule has 0 spiro atoms. The summed E-state index contributed by atoms with van der Waals surface area (Å²) in [6, 6.07) is 72.4. The molecule has 0 nitrogen and oxygen atoms in total. The second kappa shape index (κ2) is 11.4. The van der Waals surface area contributed by atoms with Gasteiger partial charge in [0.1, 0.15) is 0 Å². The van der Waals surface area contributed by atoms with E-state index >= 15 is 0 Å². The van der Waals surface area contributed by atoms with Gasteiger partial charge in [0.2, 0.25) is 0 Å². The van der Waals surface area contributed by atoms with E-state index in [0.29, 0.717) is 0 Å². The molecule has 52 heavy (non-hydrogen) atoms. The minimum absolute atomic E-state index is 1.22. The van der Waals surface area contributed by atoms with E-state index in [1.165, 1.54) is 109 Å².